The minimum absolute atomic E-state index is 0.281. The minimum atomic E-state index is -0.513. The van der Waals surface area contributed by atoms with Crippen LogP contribution in [0.5, 0.6) is 0 Å². The summed E-state index contributed by atoms with van der Waals surface area (Å²) in [6, 6.07) is 1.28. The summed E-state index contributed by atoms with van der Waals surface area (Å²) in [6.07, 6.45) is 3.44. The van der Waals surface area contributed by atoms with Gasteiger partial charge in [-0.1, -0.05) is 0 Å². The van der Waals surface area contributed by atoms with Gasteiger partial charge in [0.25, 0.3) is 0 Å². The SMILES string of the molecule is CC(C)OCCCCNc1cc(F)ncn1. The number of anilines is 1. The van der Waals surface area contributed by atoms with Gasteiger partial charge in [0, 0.05) is 19.2 Å². The van der Waals surface area contributed by atoms with Crippen molar-refractivity contribution in [2.45, 2.75) is 32.8 Å². The maximum absolute atomic E-state index is 12.7. The predicted molar refractivity (Wildman–Crippen MR) is 60.8 cm³/mol. The average Bonchev–Trinajstić information content (AvgIpc) is 2.23. The quantitative estimate of drug-likeness (QED) is 0.573. The second kappa shape index (κ2) is 7.11. The molecule has 0 unspecified atom stereocenters. The summed E-state index contributed by atoms with van der Waals surface area (Å²) in [5.41, 5.74) is 0. The first kappa shape index (κ1) is 12.8. The summed E-state index contributed by atoms with van der Waals surface area (Å²) in [6.45, 7) is 5.55. The van der Waals surface area contributed by atoms with Crippen LogP contribution in [-0.4, -0.2) is 29.2 Å². The van der Waals surface area contributed by atoms with E-state index in [2.05, 4.69) is 15.3 Å². The Morgan fingerprint density at radius 2 is 2.19 bits per heavy atom. The average molecular weight is 227 g/mol. The Kier molecular flexibility index (Phi) is 5.71. The summed E-state index contributed by atoms with van der Waals surface area (Å²) in [7, 11) is 0. The Morgan fingerprint density at radius 3 is 2.88 bits per heavy atom. The maximum Gasteiger partial charge on any atom is 0.217 e. The number of nitrogens with zero attached hydrogens (tertiary/aromatic N) is 2. The number of rotatable bonds is 7. The van der Waals surface area contributed by atoms with Gasteiger partial charge in [-0.25, -0.2) is 9.97 Å². The van der Waals surface area contributed by atoms with Crippen LogP contribution >= 0.6 is 0 Å². The highest BCUT2D eigenvalue weighted by atomic mass is 19.1. The molecule has 1 heterocycles. The van der Waals surface area contributed by atoms with Crippen molar-refractivity contribution < 1.29 is 9.13 Å². The van der Waals surface area contributed by atoms with E-state index in [1.807, 2.05) is 13.8 Å². The highest BCUT2D eigenvalue weighted by molar-refractivity contribution is 5.31. The molecule has 0 amide bonds. The van der Waals surface area contributed by atoms with Crippen LogP contribution in [0.2, 0.25) is 0 Å². The Morgan fingerprint density at radius 1 is 1.38 bits per heavy atom. The van der Waals surface area contributed by atoms with Crippen LogP contribution in [0.3, 0.4) is 0 Å². The second-order valence-electron chi connectivity index (χ2n) is 3.78. The normalized spacial score (nSPS) is 10.8. The zero-order chi connectivity index (χ0) is 11.8. The molecule has 1 N–H and O–H groups in total. The van der Waals surface area contributed by atoms with Crippen molar-refractivity contribution in [3.8, 4) is 0 Å². The number of halogens is 1. The lowest BCUT2D eigenvalue weighted by Gasteiger charge is -2.07. The molecule has 4 nitrogen and oxygen atoms in total. The molecule has 90 valence electrons. The molecule has 0 aliphatic rings. The largest absolute Gasteiger partial charge is 0.379 e. The summed E-state index contributed by atoms with van der Waals surface area (Å²) >= 11 is 0. The molecule has 5 heteroatoms. The lowest BCUT2D eigenvalue weighted by molar-refractivity contribution is 0.0765. The molecule has 16 heavy (non-hydrogen) atoms. The highest BCUT2D eigenvalue weighted by Gasteiger charge is 1.97. The Bertz CT molecular complexity index is 307. The lowest BCUT2D eigenvalue weighted by atomic mass is 10.3. The Labute approximate surface area is 95.3 Å². The van der Waals surface area contributed by atoms with Gasteiger partial charge in [0.05, 0.1) is 6.10 Å². The Hall–Kier alpha value is -1.23. The van der Waals surface area contributed by atoms with E-state index in [1.54, 1.807) is 0 Å². The molecule has 0 atom stereocenters. The molecule has 0 spiro atoms. The van der Waals surface area contributed by atoms with Gasteiger partial charge < -0.3 is 10.1 Å². The summed E-state index contributed by atoms with van der Waals surface area (Å²) in [5.74, 6) is 0.0120. The molecular formula is C11H18FN3O. The molecule has 1 aromatic heterocycles. The number of nitrogens with one attached hydrogen (secondary N) is 1. The van der Waals surface area contributed by atoms with Crippen molar-refractivity contribution in [2.75, 3.05) is 18.5 Å². The van der Waals surface area contributed by atoms with Crippen LogP contribution in [0.4, 0.5) is 10.2 Å². The molecule has 0 saturated carbocycles. The van der Waals surface area contributed by atoms with Crippen LogP contribution in [0.25, 0.3) is 0 Å². The van der Waals surface area contributed by atoms with Crippen molar-refractivity contribution >= 4 is 5.82 Å². The van der Waals surface area contributed by atoms with E-state index in [0.717, 1.165) is 26.0 Å². The second-order valence-corrected chi connectivity index (χ2v) is 3.78. The zero-order valence-corrected chi connectivity index (χ0v) is 9.74. The van der Waals surface area contributed by atoms with Gasteiger partial charge in [-0.15, -0.1) is 0 Å². The summed E-state index contributed by atoms with van der Waals surface area (Å²) < 4.78 is 18.1. The third-order valence-corrected chi connectivity index (χ3v) is 1.96. The van der Waals surface area contributed by atoms with Gasteiger partial charge in [0.1, 0.15) is 12.1 Å². The number of aromatic nitrogens is 2. The summed E-state index contributed by atoms with van der Waals surface area (Å²) in [5, 5.41) is 3.03. The van der Waals surface area contributed by atoms with Crippen LogP contribution in [0.1, 0.15) is 26.7 Å². The van der Waals surface area contributed by atoms with Crippen molar-refractivity contribution in [3.05, 3.63) is 18.3 Å². The van der Waals surface area contributed by atoms with Gasteiger partial charge in [0.2, 0.25) is 5.95 Å². The Balaban J connectivity index is 2.07. The van der Waals surface area contributed by atoms with E-state index in [1.165, 1.54) is 12.4 Å². The molecule has 1 aromatic rings. The van der Waals surface area contributed by atoms with Gasteiger partial charge in [-0.3, -0.25) is 0 Å². The molecule has 0 aromatic carbocycles. The fourth-order valence-electron chi connectivity index (χ4n) is 1.19. The molecule has 1 rings (SSSR count). The van der Waals surface area contributed by atoms with Crippen LogP contribution in [0.15, 0.2) is 12.4 Å². The zero-order valence-electron chi connectivity index (χ0n) is 9.74. The van der Waals surface area contributed by atoms with Crippen LogP contribution < -0.4 is 5.32 Å². The fourth-order valence-corrected chi connectivity index (χ4v) is 1.19. The van der Waals surface area contributed by atoms with Crippen molar-refractivity contribution in [1.29, 1.82) is 0 Å². The molecule has 0 fully saturated rings. The first-order valence-electron chi connectivity index (χ1n) is 5.51. The minimum Gasteiger partial charge on any atom is -0.379 e. The monoisotopic (exact) mass is 227 g/mol. The lowest BCUT2D eigenvalue weighted by Crippen LogP contribution is -2.08. The third-order valence-electron chi connectivity index (χ3n) is 1.96. The number of hydrogen-bond donors (Lipinski definition) is 1. The van der Waals surface area contributed by atoms with Gasteiger partial charge in [0.15, 0.2) is 0 Å². The molecule has 0 radical (unpaired) electrons. The number of ether oxygens (including phenoxy) is 1. The highest BCUT2D eigenvalue weighted by Crippen LogP contribution is 2.02. The standard InChI is InChI=1S/C11H18FN3O/c1-9(2)16-6-4-3-5-13-11-7-10(12)14-8-15-11/h7-9H,3-6H2,1-2H3,(H,13,14,15). The van der Waals surface area contributed by atoms with Gasteiger partial charge >= 0.3 is 0 Å². The van der Waals surface area contributed by atoms with E-state index in [-0.39, 0.29) is 6.10 Å². The first-order valence-corrected chi connectivity index (χ1v) is 5.51. The van der Waals surface area contributed by atoms with E-state index in [0.29, 0.717) is 5.82 Å². The van der Waals surface area contributed by atoms with Crippen molar-refractivity contribution in [1.82, 2.24) is 9.97 Å². The number of hydrogen-bond acceptors (Lipinski definition) is 4. The van der Waals surface area contributed by atoms with E-state index in [4.69, 9.17) is 4.74 Å². The van der Waals surface area contributed by atoms with Crippen molar-refractivity contribution in [3.63, 3.8) is 0 Å². The van der Waals surface area contributed by atoms with E-state index in [9.17, 15) is 4.39 Å². The van der Waals surface area contributed by atoms with E-state index >= 15 is 0 Å². The van der Waals surface area contributed by atoms with Gasteiger partial charge in [-0.05, 0) is 26.7 Å². The molecule has 0 aliphatic carbocycles. The molecule has 0 aliphatic heterocycles. The third kappa shape index (κ3) is 5.60. The maximum atomic E-state index is 12.7. The summed E-state index contributed by atoms with van der Waals surface area (Å²) in [4.78, 5) is 7.27. The topological polar surface area (TPSA) is 47.0 Å². The predicted octanol–water partition coefficient (Wildman–Crippen LogP) is 2.23. The van der Waals surface area contributed by atoms with E-state index < -0.39 is 5.95 Å². The first-order chi connectivity index (χ1) is 7.68. The number of unbranched alkanes of at least 4 members (excludes halogenated alkanes) is 1. The fraction of sp³-hybridized carbons (Fsp3) is 0.636. The molecule has 0 saturated heterocycles. The van der Waals surface area contributed by atoms with Crippen molar-refractivity contribution in [2.24, 2.45) is 0 Å². The van der Waals surface area contributed by atoms with Crippen LogP contribution in [-0.2, 0) is 4.74 Å². The van der Waals surface area contributed by atoms with Gasteiger partial charge in [-0.2, -0.15) is 4.39 Å². The molecular weight excluding hydrogens is 209 g/mol. The smallest absolute Gasteiger partial charge is 0.217 e. The van der Waals surface area contributed by atoms with Crippen LogP contribution in [0, 0.1) is 5.95 Å². The molecule has 0 bridgehead atoms.